The van der Waals surface area contributed by atoms with Gasteiger partial charge in [-0.1, -0.05) is 24.3 Å². The number of carbonyl (C=O) groups is 3. The number of amides is 3. The second-order valence-electron chi connectivity index (χ2n) is 8.11. The summed E-state index contributed by atoms with van der Waals surface area (Å²) in [7, 11) is 1.49. The fourth-order valence-electron chi connectivity index (χ4n) is 3.78. The number of ether oxygens (including phenoxy) is 1. The number of hydrogen-bond donors (Lipinski definition) is 3. The lowest BCUT2D eigenvalue weighted by molar-refractivity contribution is -0.141. The lowest BCUT2D eigenvalue weighted by Crippen LogP contribution is -2.52. The van der Waals surface area contributed by atoms with Gasteiger partial charge in [-0.2, -0.15) is 0 Å². The first kappa shape index (κ1) is 24.8. The van der Waals surface area contributed by atoms with Gasteiger partial charge in [-0.15, -0.1) is 11.3 Å². The summed E-state index contributed by atoms with van der Waals surface area (Å²) in [6, 6.07) is 6.27. The highest BCUT2D eigenvalue weighted by Crippen LogP contribution is 2.27. The largest absolute Gasteiger partial charge is 0.391 e. The van der Waals surface area contributed by atoms with Gasteiger partial charge in [0.25, 0.3) is 0 Å². The van der Waals surface area contributed by atoms with E-state index in [4.69, 9.17) is 4.74 Å². The summed E-state index contributed by atoms with van der Waals surface area (Å²) in [6.07, 6.45) is -0.490. The van der Waals surface area contributed by atoms with E-state index in [-0.39, 0.29) is 37.8 Å². The molecule has 0 spiro atoms. The molecule has 3 atom stereocenters. The number of aromatic nitrogens is 1. The van der Waals surface area contributed by atoms with E-state index in [9.17, 15) is 19.5 Å². The Morgan fingerprint density at radius 3 is 2.67 bits per heavy atom. The molecule has 2 aromatic rings. The molecule has 10 heteroatoms. The van der Waals surface area contributed by atoms with Crippen molar-refractivity contribution in [1.29, 1.82) is 0 Å². The predicted octanol–water partition coefficient (Wildman–Crippen LogP) is 1.24. The molecular formula is C23H30N4O5S. The van der Waals surface area contributed by atoms with Crippen LogP contribution in [0.4, 0.5) is 0 Å². The maximum atomic E-state index is 12.9. The molecule has 1 aliphatic heterocycles. The van der Waals surface area contributed by atoms with Gasteiger partial charge in [0.2, 0.25) is 17.7 Å². The first-order valence-electron chi connectivity index (χ1n) is 10.8. The third-order valence-electron chi connectivity index (χ3n) is 5.57. The van der Waals surface area contributed by atoms with Crippen molar-refractivity contribution in [2.24, 2.45) is 0 Å². The lowest BCUT2D eigenvalue weighted by Gasteiger charge is -2.27. The molecule has 1 aliphatic rings. The number of benzene rings is 1. The molecule has 3 amide bonds. The average Bonchev–Trinajstić information content (AvgIpc) is 3.41. The summed E-state index contributed by atoms with van der Waals surface area (Å²) in [6.45, 7) is 4.15. The van der Waals surface area contributed by atoms with Crippen LogP contribution in [0.5, 0.6) is 0 Å². The molecule has 1 aromatic carbocycles. The molecule has 0 bridgehead atoms. The molecule has 1 fully saturated rings. The zero-order valence-electron chi connectivity index (χ0n) is 19.0. The number of aliphatic hydroxyl groups is 1. The maximum Gasteiger partial charge on any atom is 0.245 e. The average molecular weight is 475 g/mol. The number of aliphatic hydroxyl groups excluding tert-OH is 1. The van der Waals surface area contributed by atoms with E-state index in [1.165, 1.54) is 12.0 Å². The van der Waals surface area contributed by atoms with Crippen molar-refractivity contribution in [2.75, 3.05) is 20.3 Å². The minimum Gasteiger partial charge on any atom is -0.391 e. The quantitative estimate of drug-likeness (QED) is 0.503. The predicted molar refractivity (Wildman–Crippen MR) is 124 cm³/mol. The minimum absolute atomic E-state index is 0.0537. The van der Waals surface area contributed by atoms with Crippen LogP contribution >= 0.6 is 11.3 Å². The Morgan fingerprint density at radius 1 is 1.30 bits per heavy atom. The van der Waals surface area contributed by atoms with E-state index in [1.54, 1.807) is 18.3 Å². The topological polar surface area (TPSA) is 121 Å². The number of carbonyl (C=O) groups excluding carboxylic acids is 3. The number of nitrogens with one attached hydrogen (secondary N) is 2. The number of rotatable bonds is 9. The molecule has 0 aliphatic carbocycles. The number of methoxy groups -OCH3 is 1. The van der Waals surface area contributed by atoms with Crippen LogP contribution in [0.15, 0.2) is 29.8 Å². The van der Waals surface area contributed by atoms with Gasteiger partial charge in [-0.05, 0) is 25.0 Å². The van der Waals surface area contributed by atoms with Crippen molar-refractivity contribution in [3.05, 3.63) is 41.0 Å². The molecule has 3 N–H and O–H groups in total. The Kier molecular flexibility index (Phi) is 8.54. The molecule has 0 saturated carbocycles. The molecule has 0 radical (unpaired) electrons. The molecule has 2 heterocycles. The summed E-state index contributed by atoms with van der Waals surface area (Å²) >= 11 is 1.58. The Labute approximate surface area is 197 Å². The molecule has 1 aromatic heterocycles. The summed E-state index contributed by atoms with van der Waals surface area (Å²) in [5.74, 6) is -1.04. The molecule has 9 nitrogen and oxygen atoms in total. The zero-order chi connectivity index (χ0) is 24.0. The van der Waals surface area contributed by atoms with Crippen LogP contribution in [0.2, 0.25) is 0 Å². The Morgan fingerprint density at radius 2 is 2.03 bits per heavy atom. The molecule has 1 saturated heterocycles. The number of thiazole rings is 1. The number of hydrogen-bond acceptors (Lipinski definition) is 7. The van der Waals surface area contributed by atoms with Crippen molar-refractivity contribution in [2.45, 2.75) is 51.4 Å². The van der Waals surface area contributed by atoms with E-state index in [0.717, 1.165) is 21.7 Å². The van der Waals surface area contributed by atoms with Crippen LogP contribution in [0.1, 0.15) is 31.0 Å². The number of nitrogens with zero attached hydrogens (tertiary/aromatic N) is 2. The monoisotopic (exact) mass is 474 g/mol. The van der Waals surface area contributed by atoms with Crippen LogP contribution in [0.3, 0.4) is 0 Å². The Balaban J connectivity index is 1.57. The van der Waals surface area contributed by atoms with E-state index < -0.39 is 24.1 Å². The molecular weight excluding hydrogens is 444 g/mol. The van der Waals surface area contributed by atoms with Crippen LogP contribution in [-0.2, 0) is 25.7 Å². The van der Waals surface area contributed by atoms with Gasteiger partial charge in [-0.3, -0.25) is 14.4 Å². The van der Waals surface area contributed by atoms with Gasteiger partial charge in [0.1, 0.15) is 12.1 Å². The SMILES string of the molecule is COCCC(=O)N[C@@H](C)C(=O)N1C[C@H](O)C[C@H]1C(=O)NCc1ccc(-c2scnc2C)cc1. The number of likely N-dealkylation sites (tertiary alicyclic amines) is 1. The Bertz CT molecular complexity index is 977. The first-order valence-corrected chi connectivity index (χ1v) is 11.7. The molecule has 33 heavy (non-hydrogen) atoms. The first-order chi connectivity index (χ1) is 15.8. The van der Waals surface area contributed by atoms with E-state index >= 15 is 0 Å². The number of aryl methyl sites for hydroxylation is 1. The maximum absolute atomic E-state index is 12.9. The van der Waals surface area contributed by atoms with Crippen molar-refractivity contribution < 1.29 is 24.2 Å². The van der Waals surface area contributed by atoms with Crippen molar-refractivity contribution >= 4 is 29.1 Å². The summed E-state index contributed by atoms with van der Waals surface area (Å²) < 4.78 is 4.87. The third kappa shape index (κ3) is 6.37. The lowest BCUT2D eigenvalue weighted by atomic mass is 10.1. The highest BCUT2D eigenvalue weighted by molar-refractivity contribution is 7.13. The van der Waals surface area contributed by atoms with E-state index in [1.807, 2.05) is 36.7 Å². The fourth-order valence-corrected chi connectivity index (χ4v) is 4.60. The second kappa shape index (κ2) is 11.4. The van der Waals surface area contributed by atoms with Crippen LogP contribution < -0.4 is 10.6 Å². The minimum atomic E-state index is -0.808. The summed E-state index contributed by atoms with van der Waals surface area (Å²) in [4.78, 5) is 44.3. The Hall–Kier alpha value is -2.82. The van der Waals surface area contributed by atoms with Crippen LogP contribution in [0.25, 0.3) is 10.4 Å². The third-order valence-corrected chi connectivity index (χ3v) is 6.55. The summed E-state index contributed by atoms with van der Waals surface area (Å²) in [5, 5.41) is 15.6. The number of β-amino-alcohol motifs (C(OH)–C–C–N with tert-alkyl or cyclic N) is 1. The van der Waals surface area contributed by atoms with Gasteiger partial charge < -0.3 is 25.4 Å². The van der Waals surface area contributed by atoms with Gasteiger partial charge in [0.15, 0.2) is 0 Å². The molecule has 3 rings (SSSR count). The van der Waals surface area contributed by atoms with Crippen LogP contribution in [0, 0.1) is 6.92 Å². The van der Waals surface area contributed by atoms with Gasteiger partial charge in [0, 0.05) is 33.0 Å². The highest BCUT2D eigenvalue weighted by atomic mass is 32.1. The van der Waals surface area contributed by atoms with Crippen molar-refractivity contribution in [3.8, 4) is 10.4 Å². The second-order valence-corrected chi connectivity index (χ2v) is 8.96. The smallest absolute Gasteiger partial charge is 0.245 e. The van der Waals surface area contributed by atoms with E-state index in [0.29, 0.717) is 6.54 Å². The molecule has 0 unspecified atom stereocenters. The highest BCUT2D eigenvalue weighted by Gasteiger charge is 2.40. The van der Waals surface area contributed by atoms with Crippen LogP contribution in [-0.4, -0.2) is 71.2 Å². The van der Waals surface area contributed by atoms with Gasteiger partial charge in [-0.25, -0.2) is 4.98 Å². The van der Waals surface area contributed by atoms with E-state index in [2.05, 4.69) is 15.6 Å². The molecule has 178 valence electrons. The fraction of sp³-hybridized carbons (Fsp3) is 0.478. The van der Waals surface area contributed by atoms with Crippen molar-refractivity contribution in [1.82, 2.24) is 20.5 Å². The van der Waals surface area contributed by atoms with Crippen molar-refractivity contribution in [3.63, 3.8) is 0 Å². The van der Waals surface area contributed by atoms with Gasteiger partial charge in [0.05, 0.1) is 28.8 Å². The standard InChI is InChI=1S/C23H30N4O5S/c1-14-21(33-13-25-14)17-6-4-16(5-7-17)11-24-22(30)19-10-18(28)12-27(19)23(31)15(2)26-20(29)8-9-32-3/h4-7,13,15,18-19,28H,8-12H2,1-3H3,(H,24,30)(H,26,29)/t15-,18+,19-/m0/s1. The van der Waals surface area contributed by atoms with Gasteiger partial charge >= 0.3 is 0 Å². The normalized spacial score (nSPS) is 18.7. The zero-order valence-corrected chi connectivity index (χ0v) is 19.9. The summed E-state index contributed by atoms with van der Waals surface area (Å²) in [5.41, 5.74) is 4.79.